The number of anilines is 2. The van der Waals surface area contributed by atoms with Crippen LogP contribution in [-0.4, -0.2) is 39.3 Å². The van der Waals surface area contributed by atoms with E-state index in [2.05, 4.69) is 4.72 Å². The topological polar surface area (TPSA) is 95.7 Å². The summed E-state index contributed by atoms with van der Waals surface area (Å²) in [6.45, 7) is 5.39. The smallest absolute Gasteiger partial charge is 0.240 e. The third-order valence-electron chi connectivity index (χ3n) is 3.85. The molecule has 1 saturated heterocycles. The highest BCUT2D eigenvalue weighted by Crippen LogP contribution is 2.30. The van der Waals surface area contributed by atoms with Gasteiger partial charge in [0.05, 0.1) is 22.4 Å². The molecule has 0 saturated carbocycles. The molecule has 0 aliphatic carbocycles. The van der Waals surface area contributed by atoms with Crippen molar-refractivity contribution in [2.75, 3.05) is 30.3 Å². The number of benzene rings is 1. The van der Waals surface area contributed by atoms with Crippen LogP contribution in [0, 0.1) is 5.92 Å². The molecule has 1 fully saturated rings. The number of hydrogen-bond donors (Lipinski definition) is 3. The molecule has 21 heavy (non-hydrogen) atoms. The molecule has 2 rings (SSSR count). The summed E-state index contributed by atoms with van der Waals surface area (Å²) in [6, 6.07) is 4.74. The fourth-order valence-corrected chi connectivity index (χ4v) is 3.65. The lowest BCUT2D eigenvalue weighted by atomic mass is 9.96. The minimum Gasteiger partial charge on any atom is -0.397 e. The zero-order valence-electron chi connectivity index (χ0n) is 12.4. The molecule has 118 valence electrons. The summed E-state index contributed by atoms with van der Waals surface area (Å²) in [6.07, 6.45) is 0.348. The Morgan fingerprint density at radius 2 is 2.19 bits per heavy atom. The Bertz CT molecular complexity index is 603. The van der Waals surface area contributed by atoms with Crippen molar-refractivity contribution in [3.63, 3.8) is 0 Å². The number of aliphatic hydroxyl groups is 1. The summed E-state index contributed by atoms with van der Waals surface area (Å²) in [4.78, 5) is 2.25. The van der Waals surface area contributed by atoms with Gasteiger partial charge in [0.1, 0.15) is 0 Å². The van der Waals surface area contributed by atoms with Gasteiger partial charge in [-0.05, 0) is 30.5 Å². The van der Waals surface area contributed by atoms with Crippen molar-refractivity contribution in [3.05, 3.63) is 18.2 Å². The standard InChI is InChI=1S/C14H23N3O3S/c1-3-16-21(19,20)11-4-5-12(15)13(8-11)17-7-6-14(18)10(2)9-17/h4-5,8,10,14,16,18H,3,6-7,9,15H2,1-2H3. The number of piperidine rings is 1. The van der Waals surface area contributed by atoms with Gasteiger partial charge in [-0.2, -0.15) is 0 Å². The van der Waals surface area contributed by atoms with Crippen molar-refractivity contribution >= 4 is 21.4 Å². The maximum atomic E-state index is 12.1. The van der Waals surface area contributed by atoms with Crippen LogP contribution in [0.2, 0.25) is 0 Å². The summed E-state index contributed by atoms with van der Waals surface area (Å²) in [5.41, 5.74) is 7.26. The normalized spacial score (nSPS) is 23.3. The van der Waals surface area contributed by atoms with E-state index in [0.29, 0.717) is 37.4 Å². The van der Waals surface area contributed by atoms with Gasteiger partial charge < -0.3 is 15.7 Å². The van der Waals surface area contributed by atoms with Gasteiger partial charge in [0, 0.05) is 19.6 Å². The molecule has 2 unspecified atom stereocenters. The van der Waals surface area contributed by atoms with E-state index in [4.69, 9.17) is 5.73 Å². The number of nitrogens with one attached hydrogen (secondary N) is 1. The lowest BCUT2D eigenvalue weighted by Gasteiger charge is -2.36. The van der Waals surface area contributed by atoms with E-state index < -0.39 is 10.0 Å². The molecule has 2 atom stereocenters. The van der Waals surface area contributed by atoms with Gasteiger partial charge in [-0.25, -0.2) is 13.1 Å². The van der Waals surface area contributed by atoms with E-state index in [0.717, 1.165) is 0 Å². The van der Waals surface area contributed by atoms with Gasteiger partial charge in [-0.15, -0.1) is 0 Å². The number of nitrogens with two attached hydrogens (primary N) is 1. The number of nitrogens with zero attached hydrogens (tertiary/aromatic N) is 1. The summed E-state index contributed by atoms with van der Waals surface area (Å²) in [5.74, 6) is 0.132. The molecule has 0 amide bonds. The number of sulfonamides is 1. The Morgan fingerprint density at radius 1 is 1.48 bits per heavy atom. The predicted molar refractivity (Wildman–Crippen MR) is 83.7 cm³/mol. The average Bonchev–Trinajstić information content (AvgIpc) is 2.42. The van der Waals surface area contributed by atoms with Crippen LogP contribution in [0.15, 0.2) is 23.1 Å². The van der Waals surface area contributed by atoms with Gasteiger partial charge in [0.2, 0.25) is 10.0 Å². The Balaban J connectivity index is 2.32. The second kappa shape index (κ2) is 6.21. The van der Waals surface area contributed by atoms with Crippen LogP contribution in [-0.2, 0) is 10.0 Å². The van der Waals surface area contributed by atoms with Crippen molar-refractivity contribution in [2.24, 2.45) is 5.92 Å². The molecule has 0 radical (unpaired) electrons. The number of aliphatic hydroxyl groups excluding tert-OH is 1. The molecule has 1 aromatic rings. The van der Waals surface area contributed by atoms with Crippen LogP contribution in [0.1, 0.15) is 20.3 Å². The summed E-state index contributed by atoms with van der Waals surface area (Å²) in [7, 11) is -3.49. The molecule has 0 bridgehead atoms. The van der Waals surface area contributed by atoms with Gasteiger partial charge in [-0.1, -0.05) is 13.8 Å². The van der Waals surface area contributed by atoms with Gasteiger partial charge in [-0.3, -0.25) is 0 Å². The largest absolute Gasteiger partial charge is 0.397 e. The fraction of sp³-hybridized carbons (Fsp3) is 0.571. The minimum atomic E-state index is -3.49. The molecule has 4 N–H and O–H groups in total. The zero-order valence-corrected chi connectivity index (χ0v) is 13.2. The van der Waals surface area contributed by atoms with Crippen molar-refractivity contribution < 1.29 is 13.5 Å². The first-order valence-corrected chi connectivity index (χ1v) is 8.65. The predicted octanol–water partition coefficient (Wildman–Crippen LogP) is 0.774. The second-order valence-electron chi connectivity index (χ2n) is 5.50. The van der Waals surface area contributed by atoms with Crippen LogP contribution in [0.25, 0.3) is 0 Å². The van der Waals surface area contributed by atoms with Gasteiger partial charge in [0.15, 0.2) is 0 Å². The van der Waals surface area contributed by atoms with Crippen LogP contribution in [0.5, 0.6) is 0 Å². The molecule has 1 heterocycles. The van der Waals surface area contributed by atoms with Crippen molar-refractivity contribution in [2.45, 2.75) is 31.3 Å². The van der Waals surface area contributed by atoms with E-state index >= 15 is 0 Å². The highest BCUT2D eigenvalue weighted by molar-refractivity contribution is 7.89. The maximum Gasteiger partial charge on any atom is 0.240 e. The quantitative estimate of drug-likeness (QED) is 0.714. The van der Waals surface area contributed by atoms with Gasteiger partial charge in [0.25, 0.3) is 0 Å². The zero-order chi connectivity index (χ0) is 15.6. The van der Waals surface area contributed by atoms with E-state index in [1.54, 1.807) is 19.1 Å². The fourth-order valence-electron chi connectivity index (χ4n) is 2.59. The van der Waals surface area contributed by atoms with Crippen molar-refractivity contribution in [1.29, 1.82) is 0 Å². The Hall–Kier alpha value is -1.31. The number of hydrogen-bond acceptors (Lipinski definition) is 5. The Labute approximate surface area is 126 Å². The van der Waals surface area contributed by atoms with Crippen LogP contribution >= 0.6 is 0 Å². The highest BCUT2D eigenvalue weighted by atomic mass is 32.2. The molecular weight excluding hydrogens is 290 g/mol. The average molecular weight is 313 g/mol. The monoisotopic (exact) mass is 313 g/mol. The molecule has 1 aromatic carbocycles. The third-order valence-corrected chi connectivity index (χ3v) is 5.39. The molecule has 1 aliphatic rings. The van der Waals surface area contributed by atoms with E-state index in [9.17, 15) is 13.5 Å². The molecule has 6 nitrogen and oxygen atoms in total. The molecule has 0 spiro atoms. The highest BCUT2D eigenvalue weighted by Gasteiger charge is 2.26. The summed E-state index contributed by atoms with van der Waals surface area (Å²) < 4.78 is 26.6. The molecular formula is C14H23N3O3S. The second-order valence-corrected chi connectivity index (χ2v) is 7.27. The minimum absolute atomic E-state index is 0.132. The summed E-state index contributed by atoms with van der Waals surface area (Å²) in [5, 5.41) is 9.80. The Morgan fingerprint density at radius 3 is 2.81 bits per heavy atom. The van der Waals surface area contributed by atoms with E-state index in [1.165, 1.54) is 6.07 Å². The number of rotatable bonds is 4. The molecule has 0 aromatic heterocycles. The van der Waals surface area contributed by atoms with Gasteiger partial charge >= 0.3 is 0 Å². The Kier molecular flexibility index (Phi) is 4.75. The SMILES string of the molecule is CCNS(=O)(=O)c1ccc(N)c(N2CCC(O)C(C)C2)c1. The maximum absolute atomic E-state index is 12.1. The first-order valence-electron chi connectivity index (χ1n) is 7.17. The number of nitrogen functional groups attached to an aromatic ring is 1. The third kappa shape index (κ3) is 3.48. The molecule has 1 aliphatic heterocycles. The lowest BCUT2D eigenvalue weighted by Crippen LogP contribution is -2.42. The van der Waals surface area contributed by atoms with Crippen LogP contribution in [0.3, 0.4) is 0 Å². The van der Waals surface area contributed by atoms with Crippen LogP contribution < -0.4 is 15.4 Å². The first kappa shape index (κ1) is 16.1. The molecule has 7 heteroatoms. The van der Waals surface area contributed by atoms with Crippen LogP contribution in [0.4, 0.5) is 11.4 Å². The van der Waals surface area contributed by atoms with Crippen molar-refractivity contribution in [3.8, 4) is 0 Å². The first-order chi connectivity index (χ1) is 9.85. The van der Waals surface area contributed by atoms with E-state index in [-0.39, 0.29) is 16.9 Å². The lowest BCUT2D eigenvalue weighted by molar-refractivity contribution is 0.0971. The summed E-state index contributed by atoms with van der Waals surface area (Å²) >= 11 is 0. The van der Waals surface area contributed by atoms with E-state index in [1.807, 2.05) is 11.8 Å². The van der Waals surface area contributed by atoms with Crippen molar-refractivity contribution in [1.82, 2.24) is 4.72 Å².